The van der Waals surface area contributed by atoms with Gasteiger partial charge in [0.15, 0.2) is 0 Å². The lowest BCUT2D eigenvalue weighted by Gasteiger charge is -1.87. The van der Waals surface area contributed by atoms with E-state index in [-0.39, 0.29) is 0 Å². The van der Waals surface area contributed by atoms with Crippen LogP contribution in [0.1, 0.15) is 35.7 Å². The fraction of sp³-hybridized carbons (Fsp3) is 0.750. The number of rotatable bonds is 3. The molecule has 0 radical (unpaired) electrons. The first kappa shape index (κ1) is 8.45. The standard InChI is InChI=1S/C8H11ClN2S/c1-2-5-3-6(5)8-11-10-7(4-9)12-8/h5-6H,2-4H2,1H3/t5-,6-/m1/s1. The molecule has 0 N–H and O–H groups in total. The Hall–Kier alpha value is -0.150. The molecule has 1 aromatic heterocycles. The van der Waals surface area contributed by atoms with Crippen molar-refractivity contribution in [2.24, 2.45) is 5.92 Å². The molecule has 1 saturated carbocycles. The van der Waals surface area contributed by atoms with Gasteiger partial charge in [0.25, 0.3) is 0 Å². The van der Waals surface area contributed by atoms with E-state index in [0.717, 1.165) is 10.9 Å². The highest BCUT2D eigenvalue weighted by molar-refractivity contribution is 7.11. The molecule has 66 valence electrons. The van der Waals surface area contributed by atoms with E-state index < -0.39 is 0 Å². The molecule has 1 aliphatic rings. The summed E-state index contributed by atoms with van der Waals surface area (Å²) in [5, 5.41) is 10.3. The van der Waals surface area contributed by atoms with Gasteiger partial charge in [-0.3, -0.25) is 0 Å². The molecule has 0 spiro atoms. The van der Waals surface area contributed by atoms with Crippen molar-refractivity contribution in [2.45, 2.75) is 31.6 Å². The smallest absolute Gasteiger partial charge is 0.132 e. The lowest BCUT2D eigenvalue weighted by molar-refractivity contribution is 0.758. The molecule has 4 heteroatoms. The van der Waals surface area contributed by atoms with Crippen molar-refractivity contribution in [1.29, 1.82) is 0 Å². The molecule has 0 unspecified atom stereocenters. The maximum absolute atomic E-state index is 5.64. The number of nitrogens with zero attached hydrogens (tertiary/aromatic N) is 2. The zero-order valence-electron chi connectivity index (χ0n) is 6.96. The molecule has 0 bridgehead atoms. The van der Waals surface area contributed by atoms with Crippen LogP contribution in [0.2, 0.25) is 0 Å². The molecule has 2 atom stereocenters. The Morgan fingerprint density at radius 1 is 1.58 bits per heavy atom. The van der Waals surface area contributed by atoms with Gasteiger partial charge in [-0.15, -0.1) is 21.8 Å². The molecule has 12 heavy (non-hydrogen) atoms. The highest BCUT2D eigenvalue weighted by Crippen LogP contribution is 2.50. The second-order valence-corrected chi connectivity index (χ2v) is 4.54. The van der Waals surface area contributed by atoms with E-state index in [2.05, 4.69) is 17.1 Å². The minimum absolute atomic E-state index is 0.501. The number of aromatic nitrogens is 2. The zero-order valence-corrected chi connectivity index (χ0v) is 8.53. The van der Waals surface area contributed by atoms with E-state index >= 15 is 0 Å². The number of halogens is 1. The highest BCUT2D eigenvalue weighted by atomic mass is 35.5. The number of hydrogen-bond donors (Lipinski definition) is 0. The summed E-state index contributed by atoms with van der Waals surface area (Å²) in [5.74, 6) is 2.06. The van der Waals surface area contributed by atoms with Gasteiger partial charge in [0.05, 0.1) is 5.88 Å². The Labute approximate surface area is 81.0 Å². The van der Waals surface area contributed by atoms with Crippen molar-refractivity contribution in [2.75, 3.05) is 0 Å². The van der Waals surface area contributed by atoms with Crippen LogP contribution in [0.15, 0.2) is 0 Å². The molecule has 1 fully saturated rings. The first-order valence-electron chi connectivity index (χ1n) is 4.23. The van der Waals surface area contributed by atoms with Crippen LogP contribution >= 0.6 is 22.9 Å². The van der Waals surface area contributed by atoms with Gasteiger partial charge in [-0.2, -0.15) is 0 Å². The molecule has 2 rings (SSSR count). The third-order valence-electron chi connectivity index (χ3n) is 2.36. The maximum Gasteiger partial charge on any atom is 0.132 e. The van der Waals surface area contributed by atoms with Gasteiger partial charge in [-0.25, -0.2) is 0 Å². The lowest BCUT2D eigenvalue weighted by atomic mass is 10.3. The summed E-state index contributed by atoms with van der Waals surface area (Å²) in [7, 11) is 0. The summed E-state index contributed by atoms with van der Waals surface area (Å²) in [5.41, 5.74) is 0. The van der Waals surface area contributed by atoms with Crippen LogP contribution in [-0.4, -0.2) is 10.2 Å². The first-order valence-corrected chi connectivity index (χ1v) is 5.58. The first-order chi connectivity index (χ1) is 5.85. The summed E-state index contributed by atoms with van der Waals surface area (Å²) in [6.45, 7) is 2.23. The van der Waals surface area contributed by atoms with Gasteiger partial charge < -0.3 is 0 Å². The van der Waals surface area contributed by atoms with Crippen LogP contribution in [0, 0.1) is 5.92 Å². The van der Waals surface area contributed by atoms with Crippen molar-refractivity contribution < 1.29 is 0 Å². The van der Waals surface area contributed by atoms with Crippen molar-refractivity contribution in [3.05, 3.63) is 10.0 Å². The van der Waals surface area contributed by atoms with Crippen LogP contribution in [0.5, 0.6) is 0 Å². The Balaban J connectivity index is 2.05. The maximum atomic E-state index is 5.64. The minimum Gasteiger partial charge on any atom is -0.143 e. The number of hydrogen-bond acceptors (Lipinski definition) is 3. The van der Waals surface area contributed by atoms with Gasteiger partial charge in [0.1, 0.15) is 10.0 Å². The summed E-state index contributed by atoms with van der Waals surface area (Å²) in [6.07, 6.45) is 2.56. The van der Waals surface area contributed by atoms with Crippen LogP contribution in [0.4, 0.5) is 0 Å². The minimum atomic E-state index is 0.501. The molecule has 0 saturated heterocycles. The van der Waals surface area contributed by atoms with E-state index in [9.17, 15) is 0 Å². The Morgan fingerprint density at radius 2 is 2.42 bits per heavy atom. The van der Waals surface area contributed by atoms with Crippen LogP contribution in [0.3, 0.4) is 0 Å². The van der Waals surface area contributed by atoms with Gasteiger partial charge in [0, 0.05) is 5.92 Å². The SMILES string of the molecule is CC[C@@H]1C[C@H]1c1nnc(CCl)s1. The van der Waals surface area contributed by atoms with Crippen molar-refractivity contribution in [3.63, 3.8) is 0 Å². The normalized spacial score (nSPS) is 27.5. The third kappa shape index (κ3) is 1.48. The molecule has 0 amide bonds. The summed E-state index contributed by atoms with van der Waals surface area (Å²) in [6, 6.07) is 0. The van der Waals surface area contributed by atoms with Gasteiger partial charge in [-0.1, -0.05) is 24.7 Å². The van der Waals surface area contributed by atoms with Crippen LogP contribution in [0.25, 0.3) is 0 Å². The molecule has 2 nitrogen and oxygen atoms in total. The molecular formula is C8H11ClN2S. The molecule has 0 aromatic carbocycles. The van der Waals surface area contributed by atoms with E-state index in [4.69, 9.17) is 11.6 Å². The fourth-order valence-corrected chi connectivity index (χ4v) is 2.59. The van der Waals surface area contributed by atoms with E-state index in [1.807, 2.05) is 0 Å². The highest BCUT2D eigenvalue weighted by Gasteiger charge is 2.39. The van der Waals surface area contributed by atoms with Crippen LogP contribution < -0.4 is 0 Å². The predicted molar refractivity (Wildman–Crippen MR) is 50.6 cm³/mol. The topological polar surface area (TPSA) is 25.8 Å². The second kappa shape index (κ2) is 3.30. The van der Waals surface area contributed by atoms with Crippen LogP contribution in [-0.2, 0) is 5.88 Å². The molecular weight excluding hydrogens is 192 g/mol. The molecule has 0 aliphatic heterocycles. The average Bonchev–Trinajstić information content (AvgIpc) is 2.75. The average molecular weight is 203 g/mol. The van der Waals surface area contributed by atoms with Gasteiger partial charge in [-0.05, 0) is 12.3 Å². The van der Waals surface area contributed by atoms with Crippen molar-refractivity contribution in [3.8, 4) is 0 Å². The van der Waals surface area contributed by atoms with Gasteiger partial charge >= 0.3 is 0 Å². The zero-order chi connectivity index (χ0) is 8.55. The van der Waals surface area contributed by atoms with Gasteiger partial charge in [0.2, 0.25) is 0 Å². The molecule has 1 aromatic rings. The summed E-state index contributed by atoms with van der Waals surface area (Å²) < 4.78 is 0. The lowest BCUT2D eigenvalue weighted by Crippen LogP contribution is -1.80. The van der Waals surface area contributed by atoms with Crippen molar-refractivity contribution >= 4 is 22.9 Å². The monoisotopic (exact) mass is 202 g/mol. The third-order valence-corrected chi connectivity index (χ3v) is 3.83. The van der Waals surface area contributed by atoms with E-state index in [1.165, 1.54) is 17.8 Å². The largest absolute Gasteiger partial charge is 0.143 e. The fourth-order valence-electron chi connectivity index (χ4n) is 1.47. The molecule has 1 heterocycles. The molecule has 1 aliphatic carbocycles. The number of alkyl halides is 1. The van der Waals surface area contributed by atoms with E-state index in [1.54, 1.807) is 11.3 Å². The van der Waals surface area contributed by atoms with E-state index in [0.29, 0.717) is 11.8 Å². The Morgan fingerprint density at radius 3 is 2.92 bits per heavy atom. The predicted octanol–water partition coefficient (Wildman–Crippen LogP) is 2.79. The van der Waals surface area contributed by atoms with Crippen molar-refractivity contribution in [1.82, 2.24) is 10.2 Å². The Kier molecular flexibility index (Phi) is 2.33. The quantitative estimate of drug-likeness (QED) is 0.705. The second-order valence-electron chi connectivity index (χ2n) is 3.18. The summed E-state index contributed by atoms with van der Waals surface area (Å²) >= 11 is 7.31. The Bertz CT molecular complexity index is 274. The summed E-state index contributed by atoms with van der Waals surface area (Å²) in [4.78, 5) is 0.